The van der Waals surface area contributed by atoms with Gasteiger partial charge in [-0.15, -0.1) is 0 Å². The predicted octanol–water partition coefficient (Wildman–Crippen LogP) is 9.56. The van der Waals surface area contributed by atoms with E-state index in [1.807, 2.05) is 56.6 Å². The first kappa shape index (κ1) is 53.4. The lowest BCUT2D eigenvalue weighted by atomic mass is 10.1. The average Bonchev–Trinajstić information content (AvgIpc) is 3.46. The molecule has 2 fully saturated rings. The van der Waals surface area contributed by atoms with Gasteiger partial charge >= 0.3 is 17.5 Å². The highest BCUT2D eigenvalue weighted by Crippen LogP contribution is 2.41. The van der Waals surface area contributed by atoms with E-state index in [4.69, 9.17) is 27.9 Å². The van der Waals surface area contributed by atoms with Crippen LogP contribution in [0.3, 0.4) is 0 Å². The van der Waals surface area contributed by atoms with Crippen molar-refractivity contribution in [3.05, 3.63) is 164 Å². The molecule has 4 aromatic carbocycles. The molecule has 2 N–H and O–H groups in total. The van der Waals surface area contributed by atoms with Gasteiger partial charge in [0.25, 0.3) is 0 Å². The van der Waals surface area contributed by atoms with Crippen molar-refractivity contribution >= 4 is 68.9 Å². The largest absolute Gasteiger partial charge is 0.507 e. The van der Waals surface area contributed by atoms with Gasteiger partial charge in [-0.3, -0.25) is 4.79 Å². The smallest absolute Gasteiger partial charge is 0.410 e. The van der Waals surface area contributed by atoms with Gasteiger partial charge in [0.1, 0.15) is 40.4 Å². The fourth-order valence-electron chi connectivity index (χ4n) is 9.48. The van der Waals surface area contributed by atoms with E-state index in [-0.39, 0.29) is 73.3 Å². The number of amides is 2. The zero-order valence-corrected chi connectivity index (χ0v) is 44.0. The Morgan fingerprint density at radius 2 is 1.05 bits per heavy atom. The fourth-order valence-corrected chi connectivity index (χ4v) is 9.97. The number of nitrogens with zero attached hydrogens (tertiary/aromatic N) is 10. The number of halogens is 4. The zero-order valence-electron chi connectivity index (χ0n) is 42.5. The van der Waals surface area contributed by atoms with Crippen LogP contribution in [0.1, 0.15) is 34.6 Å². The molecule has 0 unspecified atom stereocenters. The Kier molecular flexibility index (Phi) is 15.0. The molecular formula is C56H52Cl2F2N10O7. The molecule has 0 spiro atoms. The number of aromatic nitrogens is 6. The van der Waals surface area contributed by atoms with Crippen LogP contribution in [0.15, 0.2) is 131 Å². The lowest BCUT2D eigenvalue weighted by Crippen LogP contribution is -2.55. The zero-order chi connectivity index (χ0) is 55.0. The number of anilines is 2. The van der Waals surface area contributed by atoms with Crippen LogP contribution in [0, 0.1) is 11.6 Å². The molecule has 2 atom stereocenters. The molecule has 0 aliphatic carbocycles. The SMILES string of the molecule is C=CC(=O)N1CCN(c2nc(=O)n(-c3ccccc3)c3nc(-c4c(O)cccc4F)c(Cl)cc23)[C@@H](C)C1.C[C@H]1CN(C(=O)OC(C)(C)C)CCN1c1nc(=O)n(-c2ccccc2)c2nc(-c3c(O)cccc3F)c(Cl)cc12. The monoisotopic (exact) mass is 1080 g/mol. The Balaban J connectivity index is 0.000000188. The molecule has 2 aliphatic rings. The number of hydrogen-bond acceptors (Lipinski definition) is 13. The number of fused-ring (bicyclic) bond motifs is 2. The number of carbonyl (C=O) groups is 2. The van der Waals surface area contributed by atoms with Gasteiger partial charge in [-0.05, 0) is 101 Å². The molecule has 2 aliphatic heterocycles. The molecular weight excluding hydrogens is 1030 g/mol. The van der Waals surface area contributed by atoms with Crippen LogP contribution in [0.5, 0.6) is 11.5 Å². The van der Waals surface area contributed by atoms with E-state index in [1.165, 1.54) is 51.6 Å². The first-order chi connectivity index (χ1) is 36.7. The quantitative estimate of drug-likeness (QED) is 0.144. The first-order valence-electron chi connectivity index (χ1n) is 24.5. The second kappa shape index (κ2) is 21.7. The minimum absolute atomic E-state index is 0.000412. The summed E-state index contributed by atoms with van der Waals surface area (Å²) in [5.41, 5.74) is -0.687. The molecule has 0 bridgehead atoms. The summed E-state index contributed by atoms with van der Waals surface area (Å²) in [6.45, 7) is 15.2. The molecule has 10 rings (SSSR count). The van der Waals surface area contributed by atoms with Crippen LogP contribution < -0.4 is 21.2 Å². The van der Waals surface area contributed by atoms with Crippen LogP contribution in [-0.4, -0.2) is 118 Å². The summed E-state index contributed by atoms with van der Waals surface area (Å²) in [6, 6.07) is 28.3. The number of carbonyl (C=O) groups excluding carboxylic acids is 2. The van der Waals surface area contributed by atoms with E-state index >= 15 is 0 Å². The van der Waals surface area contributed by atoms with Crippen molar-refractivity contribution in [3.8, 4) is 45.4 Å². The maximum Gasteiger partial charge on any atom is 0.410 e. The van der Waals surface area contributed by atoms with Crippen LogP contribution in [0.25, 0.3) is 56.0 Å². The number of benzene rings is 4. The Labute approximate surface area is 450 Å². The van der Waals surface area contributed by atoms with Gasteiger partial charge in [-0.25, -0.2) is 42.3 Å². The van der Waals surface area contributed by atoms with E-state index in [1.54, 1.807) is 70.5 Å². The predicted molar refractivity (Wildman–Crippen MR) is 293 cm³/mol. The van der Waals surface area contributed by atoms with E-state index in [0.717, 1.165) is 0 Å². The number of hydrogen-bond donors (Lipinski definition) is 2. The fraction of sp³-hybridized carbons (Fsp3) is 0.250. The molecule has 0 saturated carbocycles. The maximum atomic E-state index is 14.9. The third-order valence-corrected chi connectivity index (χ3v) is 13.6. The van der Waals surface area contributed by atoms with Crippen molar-refractivity contribution in [3.63, 3.8) is 0 Å². The van der Waals surface area contributed by atoms with E-state index in [0.29, 0.717) is 73.1 Å². The molecule has 2 amide bonds. The molecule has 4 aromatic heterocycles. The van der Waals surface area contributed by atoms with Gasteiger partial charge < -0.3 is 34.5 Å². The Morgan fingerprint density at radius 1 is 0.636 bits per heavy atom. The summed E-state index contributed by atoms with van der Waals surface area (Å²) in [7, 11) is 0. The Morgan fingerprint density at radius 3 is 1.44 bits per heavy atom. The summed E-state index contributed by atoms with van der Waals surface area (Å²) in [5.74, 6) is -1.51. The normalized spacial score (nSPS) is 15.8. The molecule has 6 heterocycles. The third kappa shape index (κ3) is 10.7. The molecule has 2 saturated heterocycles. The number of ether oxygens (including phenoxy) is 1. The van der Waals surface area contributed by atoms with Crippen molar-refractivity contribution in [2.24, 2.45) is 0 Å². The highest BCUT2D eigenvalue weighted by atomic mass is 35.5. The molecule has 17 nitrogen and oxygen atoms in total. The Bertz CT molecular complexity index is 3690. The molecule has 396 valence electrons. The van der Waals surface area contributed by atoms with Gasteiger partial charge in [0.05, 0.1) is 54.7 Å². The van der Waals surface area contributed by atoms with Crippen molar-refractivity contribution in [2.45, 2.75) is 52.3 Å². The minimum Gasteiger partial charge on any atom is -0.507 e. The van der Waals surface area contributed by atoms with Crippen LogP contribution in [0.4, 0.5) is 25.2 Å². The van der Waals surface area contributed by atoms with E-state index in [9.17, 15) is 38.2 Å². The van der Waals surface area contributed by atoms with Gasteiger partial charge in [0.2, 0.25) is 5.91 Å². The lowest BCUT2D eigenvalue weighted by molar-refractivity contribution is -0.126. The maximum absolute atomic E-state index is 14.9. The topological polar surface area (TPSA) is 192 Å². The molecule has 0 radical (unpaired) electrons. The lowest BCUT2D eigenvalue weighted by Gasteiger charge is -2.41. The van der Waals surface area contributed by atoms with Crippen molar-refractivity contribution in [1.29, 1.82) is 0 Å². The van der Waals surface area contributed by atoms with Gasteiger partial charge in [0.15, 0.2) is 11.3 Å². The standard InChI is InChI=1S/C29H29ClFN5O4.C27H23ClFN5O3/c1-17-16-34(28(39)40-29(2,3)4)13-14-35(17)25-19-15-20(30)24(23-21(31)11-8-12-22(23)37)32-26(19)36(27(38)33-25)18-9-6-5-7-10-18;1-3-22(36)32-12-13-33(16(2)15-32)25-18-14-19(28)24(23-20(29)10-7-11-21(23)35)30-26(18)34(27(37)31-25)17-8-5-4-6-9-17/h5-12,15,17,37H,13-14,16H2,1-4H3;3-11,14,16,35H,1,12-13,15H2,2H3/t17-;16-/m00/s1. The minimum atomic E-state index is -0.705. The van der Waals surface area contributed by atoms with Crippen molar-refractivity contribution < 1.29 is 33.3 Å². The summed E-state index contributed by atoms with van der Waals surface area (Å²) in [4.78, 5) is 77.1. The van der Waals surface area contributed by atoms with Crippen LogP contribution in [-0.2, 0) is 9.53 Å². The van der Waals surface area contributed by atoms with Gasteiger partial charge in [-0.2, -0.15) is 9.97 Å². The summed E-state index contributed by atoms with van der Waals surface area (Å²) in [6.07, 6.45) is 0.871. The Hall–Kier alpha value is -8.42. The second-order valence-electron chi connectivity index (χ2n) is 19.4. The first-order valence-corrected chi connectivity index (χ1v) is 25.3. The molecule has 77 heavy (non-hydrogen) atoms. The van der Waals surface area contributed by atoms with Crippen molar-refractivity contribution in [1.82, 2.24) is 38.9 Å². The number of phenolic OH excluding ortho intramolecular Hbond substituents is 2. The highest BCUT2D eigenvalue weighted by molar-refractivity contribution is 6.34. The average molecular weight is 1090 g/mol. The highest BCUT2D eigenvalue weighted by Gasteiger charge is 2.34. The van der Waals surface area contributed by atoms with Crippen molar-refractivity contribution in [2.75, 3.05) is 49.1 Å². The number of pyridine rings is 2. The third-order valence-electron chi connectivity index (χ3n) is 13.0. The van der Waals surface area contributed by atoms with Gasteiger partial charge in [0, 0.05) is 51.4 Å². The second-order valence-corrected chi connectivity index (χ2v) is 20.2. The number of aromatic hydroxyl groups is 2. The summed E-state index contributed by atoms with van der Waals surface area (Å²) in [5, 5.41) is 21.9. The number of para-hydroxylation sites is 2. The van der Waals surface area contributed by atoms with Crippen LogP contribution >= 0.6 is 23.2 Å². The number of rotatable bonds is 7. The number of phenols is 2. The van der Waals surface area contributed by atoms with E-state index < -0.39 is 34.7 Å². The number of piperazine rings is 2. The van der Waals surface area contributed by atoms with Crippen LogP contribution in [0.2, 0.25) is 10.0 Å². The van der Waals surface area contributed by atoms with E-state index in [2.05, 4.69) is 26.5 Å². The summed E-state index contributed by atoms with van der Waals surface area (Å²) >= 11 is 13.3. The van der Waals surface area contributed by atoms with Gasteiger partial charge in [-0.1, -0.05) is 78.3 Å². The summed E-state index contributed by atoms with van der Waals surface area (Å²) < 4.78 is 37.8. The molecule has 8 aromatic rings. The molecule has 21 heteroatoms.